The second kappa shape index (κ2) is 8.72. The first-order chi connectivity index (χ1) is 16.4. The van der Waals surface area contributed by atoms with E-state index in [0.717, 1.165) is 19.3 Å². The van der Waals surface area contributed by atoms with Gasteiger partial charge < -0.3 is 16.4 Å². The molecular weight excluding hydrogens is 454 g/mol. The van der Waals surface area contributed by atoms with E-state index >= 15 is 0 Å². The number of hydrogen-bond acceptors (Lipinski definition) is 9. The van der Waals surface area contributed by atoms with E-state index in [9.17, 15) is 8.42 Å². The van der Waals surface area contributed by atoms with Crippen molar-refractivity contribution in [2.24, 2.45) is 5.14 Å². The molecule has 1 unspecified atom stereocenters. The monoisotopic (exact) mass is 477 g/mol. The quantitative estimate of drug-likeness (QED) is 0.326. The van der Waals surface area contributed by atoms with Crippen molar-refractivity contribution in [3.8, 4) is 5.82 Å². The number of sulfonamides is 1. The highest BCUT2D eigenvalue weighted by atomic mass is 32.2. The van der Waals surface area contributed by atoms with Crippen LogP contribution in [-0.4, -0.2) is 33.2 Å². The molecule has 0 aliphatic heterocycles. The summed E-state index contributed by atoms with van der Waals surface area (Å²) in [6.45, 7) is 0. The van der Waals surface area contributed by atoms with Crippen LogP contribution in [0.15, 0.2) is 65.8 Å². The minimum Gasteiger partial charge on any atom is -0.368 e. The Kier molecular flexibility index (Phi) is 5.59. The lowest BCUT2D eigenvalue weighted by molar-refractivity contribution is 0.597. The first-order valence-electron chi connectivity index (χ1n) is 10.7. The summed E-state index contributed by atoms with van der Waals surface area (Å²) in [5.41, 5.74) is 9.29. The number of aromatic nitrogens is 5. The maximum absolute atomic E-state index is 11.4. The summed E-state index contributed by atoms with van der Waals surface area (Å²) < 4.78 is 24.2. The molecule has 0 amide bonds. The summed E-state index contributed by atoms with van der Waals surface area (Å²) in [6, 6.07) is 16.3. The van der Waals surface area contributed by atoms with Crippen LogP contribution in [0.5, 0.6) is 0 Å². The molecule has 1 aliphatic carbocycles. The summed E-state index contributed by atoms with van der Waals surface area (Å²) >= 11 is 0. The van der Waals surface area contributed by atoms with E-state index in [4.69, 9.17) is 10.9 Å². The van der Waals surface area contributed by atoms with Crippen LogP contribution in [-0.2, 0) is 16.4 Å². The maximum atomic E-state index is 11.4. The molecular formula is C22H23N9O2S. The van der Waals surface area contributed by atoms with Crippen LogP contribution >= 0.6 is 0 Å². The zero-order valence-electron chi connectivity index (χ0n) is 18.1. The Morgan fingerprint density at radius 1 is 1.06 bits per heavy atom. The van der Waals surface area contributed by atoms with Crippen molar-refractivity contribution < 1.29 is 8.42 Å². The smallest absolute Gasteiger partial charge is 0.248 e. The fraction of sp³-hybridized carbons (Fsp3) is 0.182. The van der Waals surface area contributed by atoms with Crippen molar-refractivity contribution in [3.05, 3.63) is 72.1 Å². The van der Waals surface area contributed by atoms with Crippen LogP contribution in [0.4, 0.5) is 23.4 Å². The van der Waals surface area contributed by atoms with Crippen molar-refractivity contribution in [1.29, 1.82) is 0 Å². The molecule has 174 valence electrons. The topological polar surface area (TPSA) is 167 Å². The largest absolute Gasteiger partial charge is 0.368 e. The first-order valence-corrected chi connectivity index (χ1v) is 12.2. The number of rotatable bonds is 6. The highest BCUT2D eigenvalue weighted by Crippen LogP contribution is 2.32. The third kappa shape index (κ3) is 4.54. The normalized spacial score (nSPS) is 15.5. The number of nitrogen functional groups attached to an aromatic ring is 1. The number of aryl methyl sites for hydroxylation is 1. The van der Waals surface area contributed by atoms with Gasteiger partial charge in [0.25, 0.3) is 0 Å². The lowest BCUT2D eigenvalue weighted by Gasteiger charge is -2.26. The van der Waals surface area contributed by atoms with Gasteiger partial charge in [-0.3, -0.25) is 0 Å². The third-order valence-corrected chi connectivity index (χ3v) is 6.56. The van der Waals surface area contributed by atoms with Crippen molar-refractivity contribution >= 4 is 33.4 Å². The van der Waals surface area contributed by atoms with Crippen molar-refractivity contribution in [3.63, 3.8) is 0 Å². The summed E-state index contributed by atoms with van der Waals surface area (Å²) in [4.78, 5) is 12.9. The molecule has 2 aromatic carbocycles. The van der Waals surface area contributed by atoms with Gasteiger partial charge in [-0.05, 0) is 54.7 Å². The number of benzene rings is 2. The van der Waals surface area contributed by atoms with E-state index in [-0.39, 0.29) is 22.8 Å². The van der Waals surface area contributed by atoms with Gasteiger partial charge in [-0.25, -0.2) is 23.5 Å². The minimum atomic E-state index is -3.77. The zero-order chi connectivity index (χ0) is 23.7. The molecule has 0 radical (unpaired) electrons. The molecule has 6 N–H and O–H groups in total. The van der Waals surface area contributed by atoms with Gasteiger partial charge in [-0.1, -0.05) is 24.3 Å². The molecule has 0 saturated carbocycles. The highest BCUT2D eigenvalue weighted by Gasteiger charge is 2.20. The molecule has 1 atom stereocenters. The second-order valence-corrected chi connectivity index (χ2v) is 9.51. The first kappa shape index (κ1) is 21.8. The maximum Gasteiger partial charge on any atom is 0.248 e. The van der Waals surface area contributed by atoms with Gasteiger partial charge in [-0.15, -0.1) is 5.10 Å². The van der Waals surface area contributed by atoms with Crippen LogP contribution < -0.4 is 21.5 Å². The van der Waals surface area contributed by atoms with Crippen LogP contribution in [0.3, 0.4) is 0 Å². The van der Waals surface area contributed by atoms with E-state index in [0.29, 0.717) is 17.3 Å². The van der Waals surface area contributed by atoms with E-state index in [1.165, 1.54) is 34.3 Å². The van der Waals surface area contributed by atoms with Gasteiger partial charge in [0.05, 0.1) is 10.9 Å². The summed E-state index contributed by atoms with van der Waals surface area (Å²) in [5, 5.41) is 16.0. The van der Waals surface area contributed by atoms with Gasteiger partial charge in [-0.2, -0.15) is 9.67 Å². The molecule has 0 fully saturated rings. The van der Waals surface area contributed by atoms with Crippen LogP contribution in [0.2, 0.25) is 0 Å². The summed E-state index contributed by atoms with van der Waals surface area (Å²) in [5.74, 6) is 1.49. The van der Waals surface area contributed by atoms with Crippen molar-refractivity contribution in [1.82, 2.24) is 24.7 Å². The fourth-order valence-electron chi connectivity index (χ4n) is 4.03. The summed E-state index contributed by atoms with van der Waals surface area (Å²) in [6.07, 6.45) is 4.65. The molecule has 0 spiro atoms. The second-order valence-electron chi connectivity index (χ2n) is 7.95. The van der Waals surface area contributed by atoms with E-state index in [1.807, 2.05) is 0 Å². The average Bonchev–Trinajstić information content (AvgIpc) is 3.19. The molecule has 2 aromatic heterocycles. The molecule has 5 rings (SSSR count). The zero-order valence-corrected chi connectivity index (χ0v) is 18.9. The Balaban J connectivity index is 1.35. The lowest BCUT2D eigenvalue weighted by Crippen LogP contribution is -2.18. The van der Waals surface area contributed by atoms with Crippen molar-refractivity contribution in [2.45, 2.75) is 30.2 Å². The number of nitrogens with zero attached hydrogens (tertiary/aromatic N) is 5. The highest BCUT2D eigenvalue weighted by molar-refractivity contribution is 7.89. The predicted octanol–water partition coefficient (Wildman–Crippen LogP) is 2.52. The third-order valence-electron chi connectivity index (χ3n) is 5.63. The van der Waals surface area contributed by atoms with Crippen LogP contribution in [0, 0.1) is 0 Å². The molecule has 11 nitrogen and oxygen atoms in total. The van der Waals surface area contributed by atoms with Crippen molar-refractivity contribution in [2.75, 3.05) is 16.4 Å². The molecule has 0 saturated heterocycles. The van der Waals surface area contributed by atoms with Gasteiger partial charge >= 0.3 is 0 Å². The number of fused-ring (bicyclic) bond motifs is 1. The van der Waals surface area contributed by atoms with Crippen LogP contribution in [0.1, 0.15) is 30.0 Å². The molecule has 1 aliphatic rings. The standard InChI is InChI=1S/C22H23N9O2S/c23-21-29-22(27-15-8-10-16(11-9-15)34(24,32)33)30-31(21)20-12-19(25-13-26-20)28-18-7-3-5-14-4-1-2-6-17(14)18/h1-2,4,6,8-13,18H,3,5,7H2,(H2,24,32,33)(H,25,26,28)(H3,23,27,29,30). The molecule has 12 heteroatoms. The number of anilines is 4. The Morgan fingerprint density at radius 2 is 1.85 bits per heavy atom. The van der Waals surface area contributed by atoms with E-state index in [2.05, 4.69) is 54.9 Å². The number of primary sulfonamides is 1. The Morgan fingerprint density at radius 3 is 2.65 bits per heavy atom. The SMILES string of the molecule is Nc1nc(Nc2ccc(S(N)(=O)=O)cc2)nn1-c1cc(NC2CCCc3ccccc32)ncn1. The summed E-state index contributed by atoms with van der Waals surface area (Å²) in [7, 11) is -3.77. The number of hydrogen-bond donors (Lipinski definition) is 4. The van der Waals surface area contributed by atoms with E-state index in [1.54, 1.807) is 18.2 Å². The predicted molar refractivity (Wildman–Crippen MR) is 128 cm³/mol. The molecule has 2 heterocycles. The molecule has 0 bridgehead atoms. The van der Waals surface area contributed by atoms with E-state index < -0.39 is 10.0 Å². The number of nitrogens with two attached hydrogens (primary N) is 2. The number of nitrogens with one attached hydrogen (secondary N) is 2. The fourth-order valence-corrected chi connectivity index (χ4v) is 4.54. The molecule has 4 aromatic rings. The van der Waals surface area contributed by atoms with Gasteiger partial charge in [0.15, 0.2) is 5.82 Å². The van der Waals surface area contributed by atoms with Crippen LogP contribution in [0.25, 0.3) is 5.82 Å². The minimum absolute atomic E-state index is 0.0117. The molecule has 34 heavy (non-hydrogen) atoms. The Labute approximate surface area is 196 Å². The Bertz CT molecular complexity index is 1440. The van der Waals surface area contributed by atoms with Gasteiger partial charge in [0, 0.05) is 11.8 Å². The van der Waals surface area contributed by atoms with Gasteiger partial charge in [0.2, 0.25) is 21.9 Å². The average molecular weight is 478 g/mol. The lowest BCUT2D eigenvalue weighted by atomic mass is 9.88. The van der Waals surface area contributed by atoms with Gasteiger partial charge in [0.1, 0.15) is 12.1 Å². The Hall–Kier alpha value is -4.03.